The Morgan fingerprint density at radius 1 is 1.00 bits per heavy atom. The van der Waals surface area contributed by atoms with E-state index in [4.69, 9.17) is 0 Å². The number of rotatable bonds is 5. The monoisotopic (exact) mass is 410 g/mol. The molecule has 0 amide bonds. The molecule has 2 N–H and O–H groups in total. The van der Waals surface area contributed by atoms with Gasteiger partial charge < -0.3 is 10.2 Å². The molecule has 0 unspecified atom stereocenters. The van der Waals surface area contributed by atoms with Crippen molar-refractivity contribution in [2.24, 2.45) is 5.41 Å². The summed E-state index contributed by atoms with van der Waals surface area (Å²) in [5.41, 5.74) is 0.740. The quantitative estimate of drug-likeness (QED) is 0.794. The van der Waals surface area contributed by atoms with Gasteiger partial charge in [0.2, 0.25) is 0 Å². The molecular weight excluding hydrogens is 392 g/mol. The minimum absolute atomic E-state index is 0.226. The number of aliphatic hydroxyl groups is 2. The predicted molar refractivity (Wildman–Crippen MR) is 95.6 cm³/mol. The van der Waals surface area contributed by atoms with Crippen LogP contribution in [0, 0.1) is 12.3 Å². The molecule has 2 atom stereocenters. The Hall–Kier alpha value is -1.21. The molecule has 2 aromatic rings. The zero-order valence-corrected chi connectivity index (χ0v) is 15.6. The second-order valence-corrected chi connectivity index (χ2v) is 9.34. The first kappa shape index (κ1) is 17.6. The SMILES string of the molecule is Cc1ccc(S(=O)(=O)[C@H]2[C@H](c3ccc(Br)cc3)C2(CO)CO)cc1. The molecule has 1 fully saturated rings. The van der Waals surface area contributed by atoms with Gasteiger partial charge in [0.25, 0.3) is 0 Å². The van der Waals surface area contributed by atoms with Crippen molar-refractivity contribution in [1.29, 1.82) is 0 Å². The van der Waals surface area contributed by atoms with E-state index in [0.717, 1.165) is 15.6 Å². The molecule has 0 aromatic heterocycles. The summed E-state index contributed by atoms with van der Waals surface area (Å²) in [6.07, 6.45) is 0. The summed E-state index contributed by atoms with van der Waals surface area (Å²) < 4.78 is 27.0. The second kappa shape index (κ2) is 6.26. The first-order chi connectivity index (χ1) is 11.4. The largest absolute Gasteiger partial charge is 0.396 e. The highest BCUT2D eigenvalue weighted by molar-refractivity contribution is 9.10. The van der Waals surface area contributed by atoms with E-state index in [2.05, 4.69) is 15.9 Å². The number of sulfone groups is 1. The van der Waals surface area contributed by atoms with Gasteiger partial charge in [-0.25, -0.2) is 8.42 Å². The number of hydrogen-bond donors (Lipinski definition) is 2. The molecule has 128 valence electrons. The van der Waals surface area contributed by atoms with Crippen LogP contribution in [0.25, 0.3) is 0 Å². The van der Waals surface area contributed by atoms with E-state index in [1.54, 1.807) is 24.3 Å². The van der Waals surface area contributed by atoms with Crippen LogP contribution in [0.2, 0.25) is 0 Å². The third-order valence-corrected chi connectivity index (χ3v) is 7.75. The number of aryl methyl sites for hydroxylation is 1. The molecule has 1 aliphatic rings. The Kier molecular flexibility index (Phi) is 4.59. The third-order valence-electron chi connectivity index (χ3n) is 4.88. The highest BCUT2D eigenvalue weighted by Crippen LogP contribution is 2.63. The van der Waals surface area contributed by atoms with Gasteiger partial charge in [0, 0.05) is 15.8 Å². The van der Waals surface area contributed by atoms with Gasteiger partial charge in [-0.15, -0.1) is 0 Å². The van der Waals surface area contributed by atoms with Gasteiger partial charge in [0.1, 0.15) is 0 Å². The Labute approximate surface area is 150 Å². The van der Waals surface area contributed by atoms with Gasteiger partial charge in [0.05, 0.1) is 23.4 Å². The zero-order chi connectivity index (χ0) is 17.5. The van der Waals surface area contributed by atoms with Crippen LogP contribution in [-0.4, -0.2) is 37.1 Å². The van der Waals surface area contributed by atoms with Crippen molar-refractivity contribution in [1.82, 2.24) is 0 Å². The highest BCUT2D eigenvalue weighted by atomic mass is 79.9. The van der Waals surface area contributed by atoms with Gasteiger partial charge in [-0.1, -0.05) is 45.8 Å². The Morgan fingerprint density at radius 3 is 2.04 bits per heavy atom. The van der Waals surface area contributed by atoms with Gasteiger partial charge in [-0.3, -0.25) is 0 Å². The van der Waals surface area contributed by atoms with Crippen molar-refractivity contribution < 1.29 is 18.6 Å². The van der Waals surface area contributed by atoms with Crippen LogP contribution in [0.1, 0.15) is 17.0 Å². The molecule has 0 saturated heterocycles. The third kappa shape index (κ3) is 2.71. The molecule has 1 aliphatic carbocycles. The molecule has 1 saturated carbocycles. The number of hydrogen-bond acceptors (Lipinski definition) is 4. The lowest BCUT2D eigenvalue weighted by Gasteiger charge is -2.11. The van der Waals surface area contributed by atoms with Crippen LogP contribution in [-0.2, 0) is 9.84 Å². The van der Waals surface area contributed by atoms with Crippen LogP contribution in [0.15, 0.2) is 57.9 Å². The minimum atomic E-state index is -3.65. The lowest BCUT2D eigenvalue weighted by molar-refractivity contribution is 0.130. The average molecular weight is 411 g/mol. The van der Waals surface area contributed by atoms with Crippen LogP contribution < -0.4 is 0 Å². The smallest absolute Gasteiger partial charge is 0.182 e. The zero-order valence-electron chi connectivity index (χ0n) is 13.2. The molecule has 4 nitrogen and oxygen atoms in total. The molecule has 3 rings (SSSR count). The Balaban J connectivity index is 2.04. The van der Waals surface area contributed by atoms with E-state index in [1.807, 2.05) is 31.2 Å². The highest BCUT2D eigenvalue weighted by Gasteiger charge is 2.70. The van der Waals surface area contributed by atoms with E-state index in [1.165, 1.54) is 0 Å². The first-order valence-corrected chi connectivity index (χ1v) is 9.98. The summed E-state index contributed by atoms with van der Waals surface area (Å²) in [4.78, 5) is 0.226. The van der Waals surface area contributed by atoms with Crippen molar-refractivity contribution in [2.75, 3.05) is 13.2 Å². The standard InChI is InChI=1S/C18H19BrO4S/c1-12-2-8-15(9-3-12)24(22,23)17-16(18(17,10-20)11-21)13-4-6-14(19)7-5-13/h2-9,16-17,20-21H,10-11H2,1H3/t16-,17-/m0/s1. The number of benzene rings is 2. The van der Waals surface area contributed by atoms with Crippen LogP contribution in [0.4, 0.5) is 0 Å². The maximum atomic E-state index is 13.1. The van der Waals surface area contributed by atoms with E-state index in [0.29, 0.717) is 0 Å². The summed E-state index contributed by atoms with van der Waals surface area (Å²) in [6.45, 7) is 1.14. The summed E-state index contributed by atoms with van der Waals surface area (Å²) in [7, 11) is -3.65. The normalized spacial score (nSPS) is 22.3. The van der Waals surface area contributed by atoms with E-state index in [-0.39, 0.29) is 18.1 Å². The molecule has 0 bridgehead atoms. The van der Waals surface area contributed by atoms with Gasteiger partial charge >= 0.3 is 0 Å². The fraction of sp³-hybridized carbons (Fsp3) is 0.333. The predicted octanol–water partition coefficient (Wildman–Crippen LogP) is 2.67. The van der Waals surface area contributed by atoms with Gasteiger partial charge in [-0.05, 0) is 36.8 Å². The summed E-state index contributed by atoms with van der Waals surface area (Å²) in [5, 5.41) is 18.8. The van der Waals surface area contributed by atoms with Crippen LogP contribution in [0.3, 0.4) is 0 Å². The van der Waals surface area contributed by atoms with Crippen LogP contribution in [0.5, 0.6) is 0 Å². The first-order valence-electron chi connectivity index (χ1n) is 7.64. The molecule has 24 heavy (non-hydrogen) atoms. The van der Waals surface area contributed by atoms with E-state index < -0.39 is 26.4 Å². The van der Waals surface area contributed by atoms with Crippen LogP contribution >= 0.6 is 15.9 Å². The molecule has 0 aliphatic heterocycles. The van der Waals surface area contributed by atoms with Crippen molar-refractivity contribution in [3.8, 4) is 0 Å². The number of halogens is 1. The summed E-state index contributed by atoms with van der Waals surface area (Å²) >= 11 is 3.36. The van der Waals surface area contributed by atoms with Gasteiger partial charge in [-0.2, -0.15) is 0 Å². The van der Waals surface area contributed by atoms with E-state index >= 15 is 0 Å². The van der Waals surface area contributed by atoms with Crippen molar-refractivity contribution in [3.05, 3.63) is 64.1 Å². The summed E-state index contributed by atoms with van der Waals surface area (Å²) in [6, 6.07) is 14.0. The molecule has 6 heteroatoms. The Morgan fingerprint density at radius 2 is 1.54 bits per heavy atom. The van der Waals surface area contributed by atoms with Gasteiger partial charge in [0.15, 0.2) is 9.84 Å². The molecule has 0 heterocycles. The fourth-order valence-electron chi connectivity index (χ4n) is 3.42. The maximum absolute atomic E-state index is 13.1. The lowest BCUT2D eigenvalue weighted by atomic mass is 10.0. The molecule has 0 spiro atoms. The van der Waals surface area contributed by atoms with E-state index in [9.17, 15) is 18.6 Å². The maximum Gasteiger partial charge on any atom is 0.182 e. The minimum Gasteiger partial charge on any atom is -0.396 e. The average Bonchev–Trinajstić information content (AvgIpc) is 3.26. The molecule has 0 radical (unpaired) electrons. The van der Waals surface area contributed by atoms with Crippen molar-refractivity contribution in [2.45, 2.75) is 23.0 Å². The fourth-order valence-corrected chi connectivity index (χ4v) is 6.11. The van der Waals surface area contributed by atoms with Crippen molar-refractivity contribution >= 4 is 25.8 Å². The second-order valence-electron chi connectivity index (χ2n) is 6.36. The lowest BCUT2D eigenvalue weighted by Crippen LogP contribution is -2.23. The molecular formula is C18H19BrO4S. The molecule has 2 aromatic carbocycles. The Bertz CT molecular complexity index is 824. The number of aliphatic hydroxyl groups excluding tert-OH is 2. The summed E-state index contributed by atoms with van der Waals surface area (Å²) in [5.74, 6) is -0.424. The topological polar surface area (TPSA) is 74.6 Å². The van der Waals surface area contributed by atoms with Crippen molar-refractivity contribution in [3.63, 3.8) is 0 Å².